The number of halogens is 4. The predicted molar refractivity (Wildman–Crippen MR) is 150 cm³/mol. The topological polar surface area (TPSA) is 98.6 Å². The number of amides is 1. The summed E-state index contributed by atoms with van der Waals surface area (Å²) in [7, 11) is 0. The van der Waals surface area contributed by atoms with Crippen LogP contribution in [0, 0.1) is 12.7 Å². The largest absolute Gasteiger partial charge is 0.490 e. The van der Waals surface area contributed by atoms with Crippen molar-refractivity contribution >= 4 is 28.8 Å². The Balaban J connectivity index is 1.57. The lowest BCUT2D eigenvalue weighted by molar-refractivity contribution is -0.0495. The highest BCUT2D eigenvalue weighted by atomic mass is 35.5. The Morgan fingerprint density at radius 3 is 2.51 bits per heavy atom. The summed E-state index contributed by atoms with van der Waals surface area (Å²) >= 11 is 6.43. The van der Waals surface area contributed by atoms with Crippen molar-refractivity contribution in [2.24, 2.45) is 0 Å². The summed E-state index contributed by atoms with van der Waals surface area (Å²) in [6.45, 7) is 7.28. The first-order valence-corrected chi connectivity index (χ1v) is 13.7. The maximum atomic E-state index is 15.7. The second-order valence-electron chi connectivity index (χ2n) is 10.5. The fourth-order valence-corrected chi connectivity index (χ4v) is 5.36. The van der Waals surface area contributed by atoms with E-state index in [0.29, 0.717) is 34.0 Å². The van der Waals surface area contributed by atoms with E-state index < -0.39 is 36.4 Å². The zero-order valence-electron chi connectivity index (χ0n) is 23.1. The van der Waals surface area contributed by atoms with Crippen molar-refractivity contribution in [2.75, 3.05) is 18.8 Å². The molecule has 1 unspecified atom stereocenters. The van der Waals surface area contributed by atoms with Crippen molar-refractivity contribution in [3.8, 4) is 16.9 Å². The minimum atomic E-state index is -2.77. The summed E-state index contributed by atoms with van der Waals surface area (Å²) in [6.07, 6.45) is 3.60. The highest BCUT2D eigenvalue weighted by molar-refractivity contribution is 6.31. The van der Waals surface area contributed by atoms with Crippen LogP contribution in [0.4, 0.5) is 19.0 Å². The van der Waals surface area contributed by atoms with Crippen LogP contribution in [0.25, 0.3) is 16.6 Å². The smallest absolute Gasteiger partial charge is 0.272 e. The first kappa shape index (κ1) is 28.7. The van der Waals surface area contributed by atoms with Crippen LogP contribution in [0.3, 0.4) is 0 Å². The summed E-state index contributed by atoms with van der Waals surface area (Å²) in [5, 5.41) is -0.119. The normalized spacial score (nSPS) is 15.9. The Morgan fingerprint density at radius 1 is 1.17 bits per heavy atom. The molecule has 0 aliphatic carbocycles. The van der Waals surface area contributed by atoms with Crippen LogP contribution in [0.2, 0.25) is 5.02 Å². The molecule has 5 rings (SSSR count). The molecule has 0 bridgehead atoms. The van der Waals surface area contributed by atoms with E-state index in [2.05, 4.69) is 9.97 Å². The van der Waals surface area contributed by atoms with Crippen LogP contribution >= 0.6 is 11.6 Å². The third kappa shape index (κ3) is 5.42. The summed E-state index contributed by atoms with van der Waals surface area (Å²) < 4.78 is 50.9. The number of anilines is 1. The summed E-state index contributed by atoms with van der Waals surface area (Å²) in [6, 6.07) is 4.53. The van der Waals surface area contributed by atoms with Gasteiger partial charge < -0.3 is 15.4 Å². The highest BCUT2D eigenvalue weighted by Gasteiger charge is 2.36. The quantitative estimate of drug-likeness (QED) is 0.285. The predicted octanol–water partition coefficient (Wildman–Crippen LogP) is 6.28. The van der Waals surface area contributed by atoms with Crippen molar-refractivity contribution in [2.45, 2.75) is 58.5 Å². The first-order valence-electron chi connectivity index (χ1n) is 13.3. The number of nitrogens with zero attached hydrogens (tertiary/aromatic N) is 5. The Morgan fingerprint density at radius 2 is 1.88 bits per heavy atom. The van der Waals surface area contributed by atoms with Gasteiger partial charge in [-0.2, -0.15) is 0 Å². The van der Waals surface area contributed by atoms with Crippen LogP contribution < -0.4 is 10.5 Å². The van der Waals surface area contributed by atoms with Gasteiger partial charge in [0.1, 0.15) is 28.6 Å². The van der Waals surface area contributed by atoms with Gasteiger partial charge in [-0.15, -0.1) is 0 Å². The van der Waals surface area contributed by atoms with Crippen molar-refractivity contribution in [1.29, 1.82) is 0 Å². The zero-order chi connectivity index (χ0) is 29.6. The van der Waals surface area contributed by atoms with E-state index in [4.69, 9.17) is 27.1 Å². The van der Waals surface area contributed by atoms with Gasteiger partial charge in [-0.3, -0.25) is 14.2 Å². The number of hydrogen-bond donors (Lipinski definition) is 1. The number of aromatic nitrogens is 4. The molecule has 1 fully saturated rings. The fourth-order valence-electron chi connectivity index (χ4n) is 5.15. The van der Waals surface area contributed by atoms with Crippen LogP contribution in [0.5, 0.6) is 5.75 Å². The lowest BCUT2D eigenvalue weighted by Gasteiger charge is -2.31. The molecule has 1 aliphatic rings. The summed E-state index contributed by atoms with van der Waals surface area (Å²) in [5.74, 6) is -3.09. The third-order valence-corrected chi connectivity index (χ3v) is 7.52. The van der Waals surface area contributed by atoms with Crippen molar-refractivity contribution in [3.05, 3.63) is 70.4 Å². The minimum Gasteiger partial charge on any atom is -0.490 e. The Hall–Kier alpha value is -3.86. The lowest BCUT2D eigenvalue weighted by atomic mass is 9.93. The van der Waals surface area contributed by atoms with Gasteiger partial charge in [0.25, 0.3) is 11.8 Å². The molecule has 216 valence electrons. The number of benzene rings is 1. The van der Waals surface area contributed by atoms with E-state index in [1.165, 1.54) is 23.2 Å². The molecule has 4 aromatic rings. The SMILES string of the molecule is Cc1nc(C(C)c2cc(Cl)c(F)c(-c3ccc(C(=O)N4CCC(F)(F)CC4)nc3)c2OC(C)C)n2ccnc(N)c12. The number of hydrogen-bond acceptors (Lipinski definition) is 6. The van der Waals surface area contributed by atoms with E-state index in [-0.39, 0.29) is 41.2 Å². The lowest BCUT2D eigenvalue weighted by Crippen LogP contribution is -2.42. The maximum absolute atomic E-state index is 15.7. The van der Waals surface area contributed by atoms with Crippen LogP contribution in [0.1, 0.15) is 67.1 Å². The average Bonchev–Trinajstić information content (AvgIpc) is 3.27. The molecule has 1 saturated heterocycles. The number of likely N-dealkylation sites (tertiary alicyclic amines) is 1. The van der Waals surface area contributed by atoms with Crippen molar-refractivity contribution in [1.82, 2.24) is 24.3 Å². The molecule has 0 radical (unpaired) electrons. The monoisotopic (exact) mass is 586 g/mol. The number of carbonyl (C=O) groups excluding carboxylic acids is 1. The maximum Gasteiger partial charge on any atom is 0.272 e. The van der Waals surface area contributed by atoms with Gasteiger partial charge in [0.2, 0.25) is 0 Å². The molecule has 1 atom stereocenters. The number of rotatable bonds is 6. The van der Waals surface area contributed by atoms with Gasteiger partial charge in [-0.25, -0.2) is 23.1 Å². The molecule has 2 N–H and O–H groups in total. The molecule has 41 heavy (non-hydrogen) atoms. The first-order chi connectivity index (χ1) is 19.4. The van der Waals surface area contributed by atoms with Crippen LogP contribution in [-0.2, 0) is 0 Å². The number of carbonyl (C=O) groups is 1. The van der Waals surface area contributed by atoms with Gasteiger partial charge >= 0.3 is 0 Å². The van der Waals surface area contributed by atoms with Gasteiger partial charge in [-0.1, -0.05) is 24.6 Å². The molecule has 1 amide bonds. The van der Waals surface area contributed by atoms with Gasteiger partial charge in [0.05, 0.1) is 22.4 Å². The molecule has 1 aliphatic heterocycles. The second kappa shape index (κ2) is 10.8. The average molecular weight is 587 g/mol. The van der Waals surface area contributed by atoms with Gasteiger partial charge in [0.15, 0.2) is 5.82 Å². The molecule has 0 spiro atoms. The Bertz CT molecular complexity index is 1610. The number of ether oxygens (including phenoxy) is 1. The number of alkyl halides is 2. The van der Waals surface area contributed by atoms with E-state index >= 15 is 4.39 Å². The summed E-state index contributed by atoms with van der Waals surface area (Å²) in [5.41, 5.74) is 8.58. The fraction of sp³-hybridized carbons (Fsp3) is 0.379. The molecule has 8 nitrogen and oxygen atoms in total. The number of nitrogens with two attached hydrogens (primary N) is 1. The van der Waals surface area contributed by atoms with E-state index in [1.54, 1.807) is 18.5 Å². The standard InChI is InChI=1S/C29H30ClF3N6O2/c1-15(2)41-25-19(16(3)27-37-17(4)24-26(34)35-9-12-39(24)27)13-20(30)23(31)22(25)18-5-6-21(36-14-18)28(40)38-10-7-29(32,33)8-11-38/h5-6,9,12-16H,7-8,10-11H2,1-4H3,(H2,34,35). The number of imidazole rings is 1. The number of nitrogen functional groups attached to an aromatic ring is 1. The second-order valence-corrected chi connectivity index (χ2v) is 10.9. The molecular weight excluding hydrogens is 557 g/mol. The minimum absolute atomic E-state index is 0.0601. The van der Waals surface area contributed by atoms with Crippen LogP contribution in [0.15, 0.2) is 36.8 Å². The molecule has 3 aromatic heterocycles. The molecular formula is C29H30ClF3N6O2. The molecule has 0 saturated carbocycles. The van der Waals surface area contributed by atoms with Gasteiger partial charge in [-0.05, 0) is 32.9 Å². The summed E-state index contributed by atoms with van der Waals surface area (Å²) in [4.78, 5) is 27.4. The van der Waals surface area contributed by atoms with Crippen molar-refractivity contribution < 1.29 is 22.7 Å². The highest BCUT2D eigenvalue weighted by Crippen LogP contribution is 2.44. The van der Waals surface area contributed by atoms with Crippen LogP contribution in [-0.4, -0.2) is 55.3 Å². The van der Waals surface area contributed by atoms with E-state index in [1.807, 2.05) is 32.1 Å². The Kier molecular flexibility index (Phi) is 7.58. The number of piperidine rings is 1. The number of pyridine rings is 1. The van der Waals surface area contributed by atoms with E-state index in [0.717, 1.165) is 0 Å². The van der Waals surface area contributed by atoms with Crippen molar-refractivity contribution in [3.63, 3.8) is 0 Å². The Labute approximate surface area is 240 Å². The van der Waals surface area contributed by atoms with Gasteiger partial charge in [0, 0.05) is 61.6 Å². The molecule has 12 heteroatoms. The molecule has 4 heterocycles. The number of aryl methyl sites for hydroxylation is 1. The zero-order valence-corrected chi connectivity index (χ0v) is 23.8. The van der Waals surface area contributed by atoms with E-state index in [9.17, 15) is 13.6 Å². The number of fused-ring (bicyclic) bond motifs is 1. The third-order valence-electron chi connectivity index (χ3n) is 7.25. The molecule has 1 aromatic carbocycles.